The van der Waals surface area contributed by atoms with Crippen LogP contribution in [0.4, 0.5) is 0 Å². The maximum Gasteiger partial charge on any atom is 0.0291 e. The van der Waals surface area contributed by atoms with Gasteiger partial charge in [-0.2, -0.15) is 0 Å². The highest BCUT2D eigenvalue weighted by Crippen LogP contribution is 2.03. The summed E-state index contributed by atoms with van der Waals surface area (Å²) in [5, 5.41) is 7.87. The number of nitrogens with zero attached hydrogens (tertiary/aromatic N) is 1. The SMILES string of the molecule is c1ccc(C[C@H]2C[N]CCN2)cc1. The van der Waals surface area contributed by atoms with Gasteiger partial charge in [0.25, 0.3) is 0 Å². The predicted octanol–water partition coefficient (Wildman–Crippen LogP) is 0.805. The molecule has 0 bridgehead atoms. The van der Waals surface area contributed by atoms with Crippen molar-refractivity contribution < 1.29 is 0 Å². The first-order chi connectivity index (χ1) is 6.45. The van der Waals surface area contributed by atoms with E-state index < -0.39 is 0 Å². The number of nitrogens with one attached hydrogen (secondary N) is 1. The van der Waals surface area contributed by atoms with Crippen molar-refractivity contribution in [1.29, 1.82) is 0 Å². The topological polar surface area (TPSA) is 26.1 Å². The van der Waals surface area contributed by atoms with Crippen LogP contribution in [0.25, 0.3) is 0 Å². The third-order valence-electron chi connectivity index (χ3n) is 2.38. The van der Waals surface area contributed by atoms with E-state index >= 15 is 0 Å². The van der Waals surface area contributed by atoms with Gasteiger partial charge in [-0.1, -0.05) is 30.3 Å². The largest absolute Gasteiger partial charge is 0.311 e. The van der Waals surface area contributed by atoms with Crippen molar-refractivity contribution in [2.24, 2.45) is 0 Å². The maximum atomic E-state index is 4.39. The third-order valence-corrected chi connectivity index (χ3v) is 2.38. The molecule has 1 aromatic carbocycles. The summed E-state index contributed by atoms with van der Waals surface area (Å²) in [5.41, 5.74) is 1.40. The van der Waals surface area contributed by atoms with E-state index in [0.29, 0.717) is 6.04 Å². The normalized spacial score (nSPS) is 22.9. The second-order valence-corrected chi connectivity index (χ2v) is 3.47. The minimum Gasteiger partial charge on any atom is -0.311 e. The molecule has 2 heteroatoms. The van der Waals surface area contributed by atoms with E-state index in [1.807, 2.05) is 0 Å². The van der Waals surface area contributed by atoms with E-state index in [0.717, 1.165) is 26.1 Å². The van der Waals surface area contributed by atoms with Crippen molar-refractivity contribution >= 4 is 0 Å². The molecule has 1 aromatic rings. The zero-order valence-corrected chi connectivity index (χ0v) is 7.74. The van der Waals surface area contributed by atoms with Crippen molar-refractivity contribution in [1.82, 2.24) is 10.6 Å². The fourth-order valence-electron chi connectivity index (χ4n) is 1.69. The summed E-state index contributed by atoms with van der Waals surface area (Å²) < 4.78 is 0. The van der Waals surface area contributed by atoms with Crippen LogP contribution in [0.3, 0.4) is 0 Å². The summed E-state index contributed by atoms with van der Waals surface area (Å²) in [5.74, 6) is 0. The first kappa shape index (κ1) is 8.73. The Morgan fingerprint density at radius 2 is 2.15 bits per heavy atom. The van der Waals surface area contributed by atoms with E-state index in [1.165, 1.54) is 5.56 Å². The molecule has 0 unspecified atom stereocenters. The Hall–Kier alpha value is -0.860. The number of piperazine rings is 1. The zero-order chi connectivity index (χ0) is 8.93. The molecule has 0 aliphatic carbocycles. The molecular formula is C11H15N2. The molecule has 1 heterocycles. The van der Waals surface area contributed by atoms with Gasteiger partial charge in [-0.25, -0.2) is 5.32 Å². The molecule has 1 N–H and O–H groups in total. The molecular weight excluding hydrogens is 160 g/mol. The minimum absolute atomic E-state index is 0.552. The molecule has 1 aliphatic rings. The van der Waals surface area contributed by atoms with Crippen LogP contribution in [0.2, 0.25) is 0 Å². The quantitative estimate of drug-likeness (QED) is 0.707. The Bertz CT molecular complexity index is 240. The Balaban J connectivity index is 1.90. The summed E-state index contributed by atoms with van der Waals surface area (Å²) in [7, 11) is 0. The molecule has 0 amide bonds. The van der Waals surface area contributed by atoms with Gasteiger partial charge in [0, 0.05) is 25.7 Å². The molecule has 1 atom stereocenters. The van der Waals surface area contributed by atoms with Gasteiger partial charge >= 0.3 is 0 Å². The highest BCUT2D eigenvalue weighted by Gasteiger charge is 2.12. The second kappa shape index (κ2) is 4.40. The molecule has 1 aliphatic heterocycles. The monoisotopic (exact) mass is 175 g/mol. The van der Waals surface area contributed by atoms with Gasteiger partial charge in [-0.3, -0.25) is 0 Å². The Labute approximate surface area is 79.4 Å². The van der Waals surface area contributed by atoms with Gasteiger partial charge < -0.3 is 5.32 Å². The van der Waals surface area contributed by atoms with E-state index in [4.69, 9.17) is 0 Å². The van der Waals surface area contributed by atoms with E-state index in [2.05, 4.69) is 41.0 Å². The lowest BCUT2D eigenvalue weighted by Crippen LogP contribution is -2.46. The van der Waals surface area contributed by atoms with Gasteiger partial charge in [0.05, 0.1) is 0 Å². The molecule has 69 valence electrons. The lowest BCUT2D eigenvalue weighted by molar-refractivity contribution is 0.411. The van der Waals surface area contributed by atoms with E-state index in [-0.39, 0.29) is 0 Å². The molecule has 1 fully saturated rings. The summed E-state index contributed by atoms with van der Waals surface area (Å²) >= 11 is 0. The fraction of sp³-hybridized carbons (Fsp3) is 0.455. The van der Waals surface area contributed by atoms with Crippen molar-refractivity contribution in [3.63, 3.8) is 0 Å². The summed E-state index contributed by atoms with van der Waals surface area (Å²) in [6.45, 7) is 2.98. The first-order valence-electron chi connectivity index (χ1n) is 4.86. The van der Waals surface area contributed by atoms with Gasteiger partial charge in [-0.15, -0.1) is 0 Å². The number of hydrogen-bond donors (Lipinski definition) is 1. The van der Waals surface area contributed by atoms with E-state index in [9.17, 15) is 0 Å². The number of benzene rings is 1. The summed E-state index contributed by atoms with van der Waals surface area (Å²) in [6, 6.07) is 11.1. The summed E-state index contributed by atoms with van der Waals surface area (Å²) in [6.07, 6.45) is 1.10. The Kier molecular flexibility index (Phi) is 2.95. The number of rotatable bonds is 2. The second-order valence-electron chi connectivity index (χ2n) is 3.47. The highest BCUT2D eigenvalue weighted by atomic mass is 15.0. The standard InChI is InChI=1S/C11H15N2/c1-2-4-10(5-3-1)8-11-9-12-6-7-13-11/h1-5,11,13H,6-9H2/t11-/m0/s1. The predicted molar refractivity (Wildman–Crippen MR) is 53.8 cm³/mol. The fourth-order valence-corrected chi connectivity index (χ4v) is 1.69. The molecule has 0 saturated carbocycles. The molecule has 0 aromatic heterocycles. The lowest BCUT2D eigenvalue weighted by Gasteiger charge is -2.23. The smallest absolute Gasteiger partial charge is 0.0291 e. The van der Waals surface area contributed by atoms with Gasteiger partial charge in [0.2, 0.25) is 0 Å². The number of hydrogen-bond acceptors (Lipinski definition) is 1. The van der Waals surface area contributed by atoms with Crippen LogP contribution in [0.15, 0.2) is 30.3 Å². The van der Waals surface area contributed by atoms with Crippen LogP contribution >= 0.6 is 0 Å². The van der Waals surface area contributed by atoms with Crippen LogP contribution in [0, 0.1) is 0 Å². The molecule has 2 rings (SSSR count). The van der Waals surface area contributed by atoms with Crippen LogP contribution in [-0.2, 0) is 6.42 Å². The van der Waals surface area contributed by atoms with Crippen molar-refractivity contribution in [3.05, 3.63) is 35.9 Å². The zero-order valence-electron chi connectivity index (χ0n) is 7.74. The van der Waals surface area contributed by atoms with Crippen molar-refractivity contribution in [2.45, 2.75) is 12.5 Å². The maximum absolute atomic E-state index is 4.39. The van der Waals surface area contributed by atoms with E-state index in [1.54, 1.807) is 0 Å². The molecule has 13 heavy (non-hydrogen) atoms. The van der Waals surface area contributed by atoms with Gasteiger partial charge in [-0.05, 0) is 12.0 Å². The van der Waals surface area contributed by atoms with Crippen LogP contribution in [0.1, 0.15) is 5.56 Å². The van der Waals surface area contributed by atoms with Crippen LogP contribution < -0.4 is 10.6 Å². The van der Waals surface area contributed by atoms with Crippen LogP contribution in [-0.4, -0.2) is 25.7 Å². The average Bonchev–Trinajstić information content (AvgIpc) is 2.21. The first-order valence-corrected chi connectivity index (χ1v) is 4.86. The Morgan fingerprint density at radius 1 is 1.31 bits per heavy atom. The van der Waals surface area contributed by atoms with Crippen molar-refractivity contribution in [3.8, 4) is 0 Å². The van der Waals surface area contributed by atoms with Gasteiger partial charge in [0.15, 0.2) is 0 Å². The molecule has 0 spiro atoms. The molecule has 2 nitrogen and oxygen atoms in total. The molecule has 1 saturated heterocycles. The van der Waals surface area contributed by atoms with Crippen LogP contribution in [0.5, 0.6) is 0 Å². The summed E-state index contributed by atoms with van der Waals surface area (Å²) in [4.78, 5) is 0. The Morgan fingerprint density at radius 3 is 2.85 bits per heavy atom. The highest BCUT2D eigenvalue weighted by molar-refractivity contribution is 5.16. The lowest BCUT2D eigenvalue weighted by atomic mass is 10.1. The van der Waals surface area contributed by atoms with Gasteiger partial charge in [0.1, 0.15) is 0 Å². The third kappa shape index (κ3) is 2.54. The minimum atomic E-state index is 0.552. The van der Waals surface area contributed by atoms with Crippen molar-refractivity contribution in [2.75, 3.05) is 19.6 Å². The average molecular weight is 175 g/mol. The molecule has 1 radical (unpaired) electrons.